The average molecular weight is 387 g/mol. The smallest absolute Gasteiger partial charge is 0.317 e. The lowest BCUT2D eigenvalue weighted by molar-refractivity contribution is 0.181. The van der Waals surface area contributed by atoms with E-state index in [1.54, 1.807) is 30.3 Å². The van der Waals surface area contributed by atoms with E-state index in [2.05, 4.69) is 29.6 Å². The van der Waals surface area contributed by atoms with Gasteiger partial charge in [0, 0.05) is 19.6 Å². The summed E-state index contributed by atoms with van der Waals surface area (Å²) in [5, 5.41) is 2.85. The lowest BCUT2D eigenvalue weighted by Crippen LogP contribution is -2.44. The number of rotatable bonds is 6. The molecule has 1 fully saturated rings. The molecule has 1 aliphatic heterocycles. The van der Waals surface area contributed by atoms with Gasteiger partial charge < -0.3 is 10.2 Å². The first kappa shape index (κ1) is 19.4. The number of benzene rings is 2. The summed E-state index contributed by atoms with van der Waals surface area (Å²) < 4.78 is 24.5. The van der Waals surface area contributed by atoms with Crippen molar-refractivity contribution >= 4 is 15.9 Å². The number of nitrogens with zero attached hydrogens (tertiary/aromatic N) is 1. The van der Waals surface area contributed by atoms with Gasteiger partial charge >= 0.3 is 6.03 Å². The predicted molar refractivity (Wildman–Crippen MR) is 107 cm³/mol. The number of nitrogens with one attached hydrogen (secondary N) is 1. The Labute approximate surface area is 161 Å². The molecule has 2 amide bonds. The second-order valence-electron chi connectivity index (χ2n) is 6.89. The van der Waals surface area contributed by atoms with Crippen molar-refractivity contribution in [1.29, 1.82) is 0 Å². The number of hydrogen-bond donors (Lipinski definition) is 1. The van der Waals surface area contributed by atoms with Crippen LogP contribution >= 0.6 is 0 Å². The molecule has 0 atom stereocenters. The first-order chi connectivity index (χ1) is 13.1. The van der Waals surface area contributed by atoms with E-state index in [4.69, 9.17) is 0 Å². The van der Waals surface area contributed by atoms with Crippen molar-refractivity contribution in [3.63, 3.8) is 0 Å². The normalized spacial score (nSPS) is 15.5. The summed E-state index contributed by atoms with van der Waals surface area (Å²) in [5.74, 6) is 0.541. The maximum Gasteiger partial charge on any atom is 0.317 e. The molecule has 1 N–H and O–H groups in total. The number of carbonyl (C=O) groups excluding carboxylic acids is 1. The van der Waals surface area contributed by atoms with Gasteiger partial charge in [0.25, 0.3) is 0 Å². The highest BCUT2D eigenvalue weighted by Gasteiger charge is 2.23. The van der Waals surface area contributed by atoms with Gasteiger partial charge in [-0.3, -0.25) is 0 Å². The molecule has 5 nitrogen and oxygen atoms in total. The van der Waals surface area contributed by atoms with Crippen LogP contribution in [0.2, 0.25) is 0 Å². The fraction of sp³-hybridized carbons (Fsp3) is 0.381. The SMILES string of the molecule is O=C(NCCCS(=O)(=O)c1ccccc1)N1CCC(c2ccccc2)CC1. The van der Waals surface area contributed by atoms with E-state index < -0.39 is 9.84 Å². The summed E-state index contributed by atoms with van der Waals surface area (Å²) in [6, 6.07) is 18.7. The van der Waals surface area contributed by atoms with Crippen molar-refractivity contribution in [2.75, 3.05) is 25.4 Å². The van der Waals surface area contributed by atoms with Crippen LogP contribution in [0.3, 0.4) is 0 Å². The lowest BCUT2D eigenvalue weighted by atomic mass is 9.90. The van der Waals surface area contributed by atoms with Crippen LogP contribution in [0.4, 0.5) is 4.79 Å². The van der Waals surface area contributed by atoms with Gasteiger partial charge in [-0.05, 0) is 42.9 Å². The van der Waals surface area contributed by atoms with Gasteiger partial charge in [0.05, 0.1) is 10.6 Å². The van der Waals surface area contributed by atoms with Crippen LogP contribution in [-0.4, -0.2) is 44.7 Å². The summed E-state index contributed by atoms with van der Waals surface area (Å²) in [4.78, 5) is 14.5. The molecule has 1 saturated heterocycles. The molecule has 2 aromatic rings. The topological polar surface area (TPSA) is 66.5 Å². The number of amides is 2. The fourth-order valence-corrected chi connectivity index (χ4v) is 4.79. The monoisotopic (exact) mass is 386 g/mol. The number of hydrogen-bond acceptors (Lipinski definition) is 3. The van der Waals surface area contributed by atoms with Crippen molar-refractivity contribution in [3.8, 4) is 0 Å². The molecule has 0 radical (unpaired) electrons. The quantitative estimate of drug-likeness (QED) is 0.774. The molecular weight excluding hydrogens is 360 g/mol. The van der Waals surface area contributed by atoms with Gasteiger partial charge in [0.15, 0.2) is 9.84 Å². The number of carbonyl (C=O) groups is 1. The Morgan fingerprint density at radius 3 is 2.19 bits per heavy atom. The van der Waals surface area contributed by atoms with E-state index in [0.717, 1.165) is 25.9 Å². The Balaban J connectivity index is 1.39. The molecule has 6 heteroatoms. The van der Waals surface area contributed by atoms with Crippen LogP contribution in [0, 0.1) is 0 Å². The lowest BCUT2D eigenvalue weighted by Gasteiger charge is -2.32. The minimum Gasteiger partial charge on any atom is -0.338 e. The summed E-state index contributed by atoms with van der Waals surface area (Å²) in [6.07, 6.45) is 2.32. The Morgan fingerprint density at radius 2 is 1.56 bits per heavy atom. The highest BCUT2D eigenvalue weighted by molar-refractivity contribution is 7.91. The van der Waals surface area contributed by atoms with Crippen LogP contribution in [0.1, 0.15) is 30.7 Å². The fourth-order valence-electron chi connectivity index (χ4n) is 3.46. The standard InChI is InChI=1S/C21H26N2O3S/c24-21(22-14-7-17-27(25,26)20-10-5-2-6-11-20)23-15-12-19(13-16-23)18-8-3-1-4-9-18/h1-6,8-11,19H,7,12-17H2,(H,22,24). The Kier molecular flexibility index (Phi) is 6.50. The van der Waals surface area contributed by atoms with Gasteiger partial charge in [-0.2, -0.15) is 0 Å². The van der Waals surface area contributed by atoms with E-state index in [-0.39, 0.29) is 11.8 Å². The largest absolute Gasteiger partial charge is 0.338 e. The first-order valence-electron chi connectivity index (χ1n) is 9.42. The van der Waals surface area contributed by atoms with Gasteiger partial charge in [-0.15, -0.1) is 0 Å². The zero-order chi connectivity index (χ0) is 19.1. The predicted octanol–water partition coefficient (Wildman–Crippen LogP) is 3.44. The molecule has 1 aliphatic rings. The molecule has 0 aliphatic carbocycles. The summed E-state index contributed by atoms with van der Waals surface area (Å²) >= 11 is 0. The van der Waals surface area contributed by atoms with Gasteiger partial charge in [-0.25, -0.2) is 13.2 Å². The summed E-state index contributed by atoms with van der Waals surface area (Å²) in [5.41, 5.74) is 1.34. The van der Waals surface area contributed by atoms with Gasteiger partial charge in [0.2, 0.25) is 0 Å². The van der Waals surface area contributed by atoms with Crippen molar-refractivity contribution < 1.29 is 13.2 Å². The van der Waals surface area contributed by atoms with Crippen molar-refractivity contribution in [3.05, 3.63) is 66.2 Å². The molecule has 3 rings (SSSR count). The summed E-state index contributed by atoms with van der Waals surface area (Å²) in [6.45, 7) is 1.82. The Hall–Kier alpha value is -2.34. The molecule has 144 valence electrons. The second-order valence-corrected chi connectivity index (χ2v) is 9.00. The van der Waals surface area contributed by atoms with E-state index in [1.807, 2.05) is 11.0 Å². The molecular formula is C21H26N2O3S. The van der Waals surface area contributed by atoms with Crippen LogP contribution < -0.4 is 5.32 Å². The van der Waals surface area contributed by atoms with Crippen LogP contribution in [0.5, 0.6) is 0 Å². The van der Waals surface area contributed by atoms with Crippen molar-refractivity contribution in [2.45, 2.75) is 30.1 Å². The highest BCUT2D eigenvalue weighted by Crippen LogP contribution is 2.27. The molecule has 2 aromatic carbocycles. The zero-order valence-corrected chi connectivity index (χ0v) is 16.2. The van der Waals surface area contributed by atoms with E-state index >= 15 is 0 Å². The second kappa shape index (κ2) is 9.04. The van der Waals surface area contributed by atoms with Crippen LogP contribution in [0.15, 0.2) is 65.6 Å². The van der Waals surface area contributed by atoms with Crippen LogP contribution in [-0.2, 0) is 9.84 Å². The zero-order valence-electron chi connectivity index (χ0n) is 15.4. The molecule has 0 aromatic heterocycles. The highest BCUT2D eigenvalue weighted by atomic mass is 32.2. The summed E-state index contributed by atoms with van der Waals surface area (Å²) in [7, 11) is -3.29. The third kappa shape index (κ3) is 5.32. The average Bonchev–Trinajstić information content (AvgIpc) is 2.72. The van der Waals surface area contributed by atoms with Crippen molar-refractivity contribution in [2.24, 2.45) is 0 Å². The molecule has 0 spiro atoms. The molecule has 1 heterocycles. The van der Waals surface area contributed by atoms with Gasteiger partial charge in [-0.1, -0.05) is 48.5 Å². The maximum atomic E-state index is 12.3. The third-order valence-corrected chi connectivity index (χ3v) is 6.84. The minimum atomic E-state index is -3.29. The number of likely N-dealkylation sites (tertiary alicyclic amines) is 1. The molecule has 0 bridgehead atoms. The maximum absolute atomic E-state index is 12.3. The van der Waals surface area contributed by atoms with Crippen molar-refractivity contribution in [1.82, 2.24) is 10.2 Å². The number of sulfone groups is 1. The number of urea groups is 1. The van der Waals surface area contributed by atoms with Gasteiger partial charge in [0.1, 0.15) is 0 Å². The Morgan fingerprint density at radius 1 is 0.963 bits per heavy atom. The molecule has 27 heavy (non-hydrogen) atoms. The van der Waals surface area contributed by atoms with E-state index in [1.165, 1.54) is 5.56 Å². The Bertz CT molecular complexity index is 830. The van der Waals surface area contributed by atoms with E-state index in [0.29, 0.717) is 23.8 Å². The minimum absolute atomic E-state index is 0.0351. The van der Waals surface area contributed by atoms with Crippen LogP contribution in [0.25, 0.3) is 0 Å². The molecule has 0 unspecified atom stereocenters. The molecule has 0 saturated carbocycles. The van der Waals surface area contributed by atoms with E-state index in [9.17, 15) is 13.2 Å². The first-order valence-corrected chi connectivity index (χ1v) is 11.1. The number of piperidine rings is 1. The third-order valence-electron chi connectivity index (χ3n) is 5.02.